The van der Waals surface area contributed by atoms with Crippen LogP contribution in [-0.4, -0.2) is 0 Å². The van der Waals surface area contributed by atoms with Crippen LogP contribution in [0.5, 0.6) is 0 Å². The highest BCUT2D eigenvalue weighted by Crippen LogP contribution is 2.46. The highest BCUT2D eigenvalue weighted by Gasteiger charge is 2.18. The van der Waals surface area contributed by atoms with Crippen LogP contribution in [0.2, 0.25) is 0 Å². The molecule has 9 aromatic carbocycles. The molecular weight excluding hydrogens is 829 g/mol. The molecule has 0 aliphatic heterocycles. The van der Waals surface area contributed by atoms with E-state index in [1.54, 1.807) is 0 Å². The van der Waals surface area contributed by atoms with Crippen molar-refractivity contribution in [3.05, 3.63) is 228 Å². The molecule has 64 heavy (non-hydrogen) atoms. The summed E-state index contributed by atoms with van der Waals surface area (Å²) < 4.78 is 8.05. The van der Waals surface area contributed by atoms with Crippen molar-refractivity contribution in [1.29, 1.82) is 0 Å². The number of hydrogen-bond donors (Lipinski definition) is 0. The smallest absolute Gasteiger partial charge is 0.0434 e. The molecule has 0 saturated carbocycles. The molecule has 0 bridgehead atoms. The second kappa shape index (κ2) is 15.3. The summed E-state index contributed by atoms with van der Waals surface area (Å²) in [5, 5.41) is 7.96. The summed E-state index contributed by atoms with van der Waals surface area (Å²) in [6, 6.07) is 74.0. The van der Waals surface area contributed by atoms with Gasteiger partial charge in [-0.15, -0.1) is 34.0 Å². The van der Waals surface area contributed by atoms with E-state index in [1.807, 2.05) is 34.0 Å². The summed E-state index contributed by atoms with van der Waals surface area (Å²) in [6.45, 7) is 0. The summed E-state index contributed by atoms with van der Waals surface area (Å²) in [5.74, 6) is 0. The molecule has 300 valence electrons. The third-order valence-corrected chi connectivity index (χ3v) is 16.8. The fraction of sp³-hybridized carbons (Fsp3) is 0.0164. The lowest BCUT2D eigenvalue weighted by Gasteiger charge is -2.07. The lowest BCUT2D eigenvalue weighted by Crippen LogP contribution is -2.20. The lowest BCUT2D eigenvalue weighted by atomic mass is 9.97. The van der Waals surface area contributed by atoms with Gasteiger partial charge in [-0.1, -0.05) is 218 Å². The maximum atomic E-state index is 2.40. The highest BCUT2D eigenvalue weighted by molar-refractivity contribution is 7.27. The minimum atomic E-state index is 0.926. The van der Waals surface area contributed by atoms with Gasteiger partial charge in [0.25, 0.3) is 0 Å². The van der Waals surface area contributed by atoms with Gasteiger partial charge in [0.1, 0.15) is 0 Å². The average Bonchev–Trinajstić information content (AvgIpc) is 4.02. The molecule has 13 rings (SSSR count). The molecule has 0 amide bonds. The van der Waals surface area contributed by atoms with Gasteiger partial charge in [-0.2, -0.15) is 0 Å². The molecular formula is C61H38S3. The molecule has 3 aromatic heterocycles. The first-order chi connectivity index (χ1) is 31.7. The van der Waals surface area contributed by atoms with Crippen molar-refractivity contribution in [3.63, 3.8) is 0 Å². The van der Waals surface area contributed by atoms with E-state index >= 15 is 0 Å². The zero-order valence-electron chi connectivity index (χ0n) is 34.7. The van der Waals surface area contributed by atoms with E-state index in [0.717, 1.165) is 6.42 Å². The molecule has 0 saturated heterocycles. The predicted octanol–water partition coefficient (Wildman–Crippen LogP) is 16.9. The predicted molar refractivity (Wildman–Crippen MR) is 281 cm³/mol. The van der Waals surface area contributed by atoms with Gasteiger partial charge >= 0.3 is 0 Å². The maximum Gasteiger partial charge on any atom is 0.0434 e. The standard InChI is InChI=1S/C61H38S3/c1-3-14-38(15-4-1)45-20-9-25-51-50-19-8-7-18-44(56(50)62-57(45)51)40-30-32-41(33-31-40)48-23-12-28-54-55-29-13-24-49(61(55)64-60(48)54)43-36-34-42(35-37-43)47-22-11-27-53-52-26-10-21-46(58(52)63-59(47)53)39-16-5-2-6-17-39/h1-7,9-37H,8H2. The molecule has 0 radical (unpaired) electrons. The van der Waals surface area contributed by atoms with E-state index in [1.165, 1.54) is 127 Å². The van der Waals surface area contributed by atoms with E-state index in [0.29, 0.717) is 0 Å². The van der Waals surface area contributed by atoms with Crippen LogP contribution in [0.1, 0.15) is 12.0 Å². The van der Waals surface area contributed by atoms with Gasteiger partial charge in [-0.05, 0) is 78.4 Å². The molecule has 0 N–H and O–H groups in total. The van der Waals surface area contributed by atoms with Gasteiger partial charge < -0.3 is 0 Å². The highest BCUT2D eigenvalue weighted by atomic mass is 32.1. The second-order valence-electron chi connectivity index (χ2n) is 16.6. The molecule has 0 unspecified atom stereocenters. The Bertz CT molecular complexity index is 3940. The van der Waals surface area contributed by atoms with Gasteiger partial charge in [0.05, 0.1) is 0 Å². The molecule has 3 heteroatoms. The van der Waals surface area contributed by atoms with Crippen molar-refractivity contribution >= 4 is 96.1 Å². The van der Waals surface area contributed by atoms with Crippen LogP contribution >= 0.6 is 34.0 Å². The number of hydrogen-bond acceptors (Lipinski definition) is 3. The third-order valence-electron chi connectivity index (χ3n) is 13.0. The van der Waals surface area contributed by atoms with Crippen molar-refractivity contribution in [3.8, 4) is 55.6 Å². The summed E-state index contributed by atoms with van der Waals surface area (Å²) >= 11 is 5.76. The lowest BCUT2D eigenvalue weighted by molar-refractivity contribution is 1.49. The third kappa shape index (κ3) is 6.07. The summed E-state index contributed by atoms with van der Waals surface area (Å²) in [7, 11) is 0. The van der Waals surface area contributed by atoms with Crippen LogP contribution in [0.15, 0.2) is 212 Å². The first kappa shape index (κ1) is 37.4. The molecule has 1 aliphatic rings. The normalized spacial score (nSPS) is 12.7. The van der Waals surface area contributed by atoms with Gasteiger partial charge in [0.15, 0.2) is 0 Å². The number of benzene rings is 9. The van der Waals surface area contributed by atoms with E-state index in [2.05, 4.69) is 218 Å². The molecule has 0 spiro atoms. The second-order valence-corrected chi connectivity index (χ2v) is 19.7. The van der Waals surface area contributed by atoms with Crippen LogP contribution < -0.4 is 9.75 Å². The first-order valence-electron chi connectivity index (χ1n) is 21.9. The Kier molecular flexibility index (Phi) is 8.94. The Hall–Kier alpha value is -7.14. The fourth-order valence-electron chi connectivity index (χ4n) is 9.89. The van der Waals surface area contributed by atoms with Crippen LogP contribution in [0.25, 0.3) is 118 Å². The van der Waals surface area contributed by atoms with Crippen molar-refractivity contribution in [2.24, 2.45) is 0 Å². The summed E-state index contributed by atoms with van der Waals surface area (Å²) in [5.41, 5.74) is 15.2. The Morgan fingerprint density at radius 1 is 0.281 bits per heavy atom. The van der Waals surface area contributed by atoms with E-state index in [-0.39, 0.29) is 0 Å². The van der Waals surface area contributed by atoms with Crippen molar-refractivity contribution in [2.75, 3.05) is 0 Å². The topological polar surface area (TPSA) is 0 Å². The fourth-order valence-corrected chi connectivity index (χ4v) is 14.0. The van der Waals surface area contributed by atoms with Crippen molar-refractivity contribution in [1.82, 2.24) is 0 Å². The minimum absolute atomic E-state index is 0.926. The van der Waals surface area contributed by atoms with Crippen LogP contribution in [0.3, 0.4) is 0 Å². The zero-order valence-corrected chi connectivity index (χ0v) is 37.2. The van der Waals surface area contributed by atoms with Gasteiger partial charge in [-0.25, -0.2) is 0 Å². The molecule has 0 fully saturated rings. The Labute approximate surface area is 383 Å². The van der Waals surface area contributed by atoms with Crippen molar-refractivity contribution in [2.45, 2.75) is 6.42 Å². The molecule has 3 heterocycles. The monoisotopic (exact) mass is 866 g/mol. The van der Waals surface area contributed by atoms with Crippen LogP contribution in [0.4, 0.5) is 0 Å². The SMILES string of the molecule is C1=CC(c2ccc(-c3cccc4c3sc3c(-c5ccc(-c6cccc7c6sc6c(-c8ccccc8)cccc67)cc5)cccc34)cc2)=c2sc3c(-c4ccccc4)cccc3c2=CC1. The largest absolute Gasteiger partial charge is 0.134 e. The van der Waals surface area contributed by atoms with Crippen LogP contribution in [-0.2, 0) is 0 Å². The van der Waals surface area contributed by atoms with E-state index < -0.39 is 0 Å². The van der Waals surface area contributed by atoms with Crippen LogP contribution in [0, 0.1) is 0 Å². The summed E-state index contributed by atoms with van der Waals surface area (Å²) in [6.07, 6.45) is 7.97. The number of rotatable bonds is 6. The number of allylic oxidation sites excluding steroid dienone is 2. The van der Waals surface area contributed by atoms with Crippen molar-refractivity contribution < 1.29 is 0 Å². The van der Waals surface area contributed by atoms with Gasteiger partial charge in [0.2, 0.25) is 0 Å². The van der Waals surface area contributed by atoms with E-state index in [4.69, 9.17) is 0 Å². The molecule has 1 aliphatic carbocycles. The summed E-state index contributed by atoms with van der Waals surface area (Å²) in [4.78, 5) is 0. The van der Waals surface area contributed by atoms with Gasteiger partial charge in [-0.3, -0.25) is 0 Å². The number of fused-ring (bicyclic) bond motifs is 9. The Balaban J connectivity index is 0.863. The molecule has 0 nitrogen and oxygen atoms in total. The molecule has 0 atom stereocenters. The van der Waals surface area contributed by atoms with Gasteiger partial charge in [0, 0.05) is 55.0 Å². The Morgan fingerprint density at radius 2 is 0.625 bits per heavy atom. The van der Waals surface area contributed by atoms with E-state index in [9.17, 15) is 0 Å². The molecule has 12 aromatic rings. The first-order valence-corrected chi connectivity index (χ1v) is 24.3. The quantitative estimate of drug-likeness (QED) is 0.156. The zero-order chi connectivity index (χ0) is 42.1. The Morgan fingerprint density at radius 3 is 1.03 bits per heavy atom. The maximum absolute atomic E-state index is 2.40. The number of thiophene rings is 3. The average molecular weight is 867 g/mol. The minimum Gasteiger partial charge on any atom is -0.134 e.